The molecule has 0 aliphatic carbocycles. The maximum atomic E-state index is 11.5. The lowest BCUT2D eigenvalue weighted by Crippen LogP contribution is -2.30. The van der Waals surface area contributed by atoms with Crippen molar-refractivity contribution in [2.75, 3.05) is 33.5 Å². The Labute approximate surface area is 124 Å². The zero-order valence-electron chi connectivity index (χ0n) is 12.4. The van der Waals surface area contributed by atoms with Crippen molar-refractivity contribution in [1.82, 2.24) is 5.32 Å². The zero-order chi connectivity index (χ0) is 15.5. The molecule has 0 unspecified atom stereocenters. The predicted molar refractivity (Wildman–Crippen MR) is 77.4 cm³/mol. The lowest BCUT2D eigenvalue weighted by Gasteiger charge is -2.08. The second kappa shape index (κ2) is 9.77. The fourth-order valence-electron chi connectivity index (χ4n) is 1.55. The fourth-order valence-corrected chi connectivity index (χ4v) is 1.55. The molecule has 116 valence electrons. The first kappa shape index (κ1) is 17.0. The van der Waals surface area contributed by atoms with Crippen LogP contribution in [-0.4, -0.2) is 45.4 Å². The predicted octanol–water partition coefficient (Wildman–Crippen LogP) is 1.39. The molecule has 0 bridgehead atoms. The van der Waals surface area contributed by atoms with Crippen LogP contribution in [0.4, 0.5) is 0 Å². The molecule has 0 saturated heterocycles. The van der Waals surface area contributed by atoms with Gasteiger partial charge in [-0.1, -0.05) is 0 Å². The summed E-state index contributed by atoms with van der Waals surface area (Å²) < 4.78 is 15.1. The van der Waals surface area contributed by atoms with Crippen molar-refractivity contribution in [3.8, 4) is 5.75 Å². The maximum absolute atomic E-state index is 11.5. The average Bonchev–Trinajstić information content (AvgIpc) is 2.50. The van der Waals surface area contributed by atoms with Gasteiger partial charge in [0.15, 0.2) is 6.61 Å². The Morgan fingerprint density at radius 3 is 2.52 bits per heavy atom. The Bertz CT molecular complexity index is 444. The van der Waals surface area contributed by atoms with Gasteiger partial charge in [-0.25, -0.2) is 4.79 Å². The number of benzene rings is 1. The number of hydrogen-bond donors (Lipinski definition) is 1. The number of amides is 1. The highest BCUT2D eigenvalue weighted by Crippen LogP contribution is 2.12. The molecule has 0 saturated carbocycles. The number of ether oxygens (including phenoxy) is 3. The summed E-state index contributed by atoms with van der Waals surface area (Å²) in [5.74, 6) is -0.0457. The van der Waals surface area contributed by atoms with Gasteiger partial charge in [0.05, 0.1) is 12.2 Å². The van der Waals surface area contributed by atoms with Gasteiger partial charge in [-0.3, -0.25) is 4.79 Å². The minimum absolute atomic E-state index is 0.0638. The van der Waals surface area contributed by atoms with Gasteiger partial charge < -0.3 is 19.5 Å². The van der Waals surface area contributed by atoms with E-state index in [4.69, 9.17) is 14.2 Å². The van der Waals surface area contributed by atoms with Gasteiger partial charge in [0.1, 0.15) is 5.75 Å². The van der Waals surface area contributed by atoms with Crippen LogP contribution >= 0.6 is 0 Å². The lowest BCUT2D eigenvalue weighted by atomic mass is 10.2. The molecule has 0 atom stereocenters. The molecule has 1 aromatic rings. The number of carbonyl (C=O) groups is 2. The normalized spacial score (nSPS) is 10.0. The van der Waals surface area contributed by atoms with Gasteiger partial charge in [-0.05, 0) is 37.6 Å². The van der Waals surface area contributed by atoms with E-state index in [1.54, 1.807) is 38.3 Å². The molecule has 0 aliphatic rings. The molecule has 0 spiro atoms. The maximum Gasteiger partial charge on any atom is 0.338 e. The van der Waals surface area contributed by atoms with Gasteiger partial charge >= 0.3 is 5.97 Å². The fraction of sp³-hybridized carbons (Fsp3) is 0.467. The first-order chi connectivity index (χ1) is 10.2. The van der Waals surface area contributed by atoms with E-state index in [-0.39, 0.29) is 18.5 Å². The van der Waals surface area contributed by atoms with Crippen LogP contribution in [0.25, 0.3) is 0 Å². The summed E-state index contributed by atoms with van der Waals surface area (Å²) in [6.07, 6.45) is 0.760. The second-order valence-corrected chi connectivity index (χ2v) is 4.23. The highest BCUT2D eigenvalue weighted by Gasteiger charge is 2.07. The van der Waals surface area contributed by atoms with Crippen LogP contribution < -0.4 is 10.1 Å². The van der Waals surface area contributed by atoms with Crippen molar-refractivity contribution in [2.24, 2.45) is 0 Å². The standard InChI is InChI=1S/C15H21NO5/c1-3-20-15(18)12-5-7-13(8-6-12)21-11-14(17)16-9-4-10-19-2/h5-8H,3-4,9-11H2,1-2H3,(H,16,17). The van der Waals surface area contributed by atoms with Crippen LogP contribution in [0.3, 0.4) is 0 Å². The van der Waals surface area contributed by atoms with Gasteiger partial charge in [0.25, 0.3) is 5.91 Å². The van der Waals surface area contributed by atoms with Crippen molar-refractivity contribution in [1.29, 1.82) is 0 Å². The van der Waals surface area contributed by atoms with Crippen molar-refractivity contribution in [3.63, 3.8) is 0 Å². The van der Waals surface area contributed by atoms with Crippen LogP contribution in [0.2, 0.25) is 0 Å². The number of esters is 1. The van der Waals surface area contributed by atoms with Crippen LogP contribution in [0.1, 0.15) is 23.7 Å². The molecule has 1 N–H and O–H groups in total. The summed E-state index contributed by atoms with van der Waals surface area (Å²) in [4.78, 5) is 22.9. The molecular weight excluding hydrogens is 274 g/mol. The van der Waals surface area contributed by atoms with E-state index < -0.39 is 0 Å². The highest BCUT2D eigenvalue weighted by atomic mass is 16.5. The number of nitrogens with one attached hydrogen (secondary N) is 1. The highest BCUT2D eigenvalue weighted by molar-refractivity contribution is 5.89. The Kier molecular flexibility index (Phi) is 7.89. The van der Waals surface area contributed by atoms with E-state index in [0.29, 0.717) is 31.1 Å². The third-order valence-corrected chi connectivity index (χ3v) is 2.58. The molecule has 1 aromatic carbocycles. The first-order valence-electron chi connectivity index (χ1n) is 6.83. The molecule has 0 radical (unpaired) electrons. The van der Waals surface area contributed by atoms with Crippen LogP contribution in [-0.2, 0) is 14.3 Å². The lowest BCUT2D eigenvalue weighted by molar-refractivity contribution is -0.123. The molecule has 0 heterocycles. The molecule has 1 rings (SSSR count). The number of hydrogen-bond acceptors (Lipinski definition) is 5. The van der Waals surface area contributed by atoms with E-state index in [9.17, 15) is 9.59 Å². The number of carbonyl (C=O) groups excluding carboxylic acids is 2. The van der Waals surface area contributed by atoms with Crippen LogP contribution in [0.5, 0.6) is 5.75 Å². The summed E-state index contributed by atoms with van der Waals surface area (Å²) >= 11 is 0. The molecule has 0 aliphatic heterocycles. The minimum atomic E-state index is -0.375. The SMILES string of the molecule is CCOC(=O)c1ccc(OCC(=O)NCCCOC)cc1. The number of methoxy groups -OCH3 is 1. The molecule has 6 heteroatoms. The van der Waals surface area contributed by atoms with Crippen LogP contribution in [0.15, 0.2) is 24.3 Å². The van der Waals surface area contributed by atoms with Crippen molar-refractivity contribution < 1.29 is 23.8 Å². The van der Waals surface area contributed by atoms with Crippen molar-refractivity contribution >= 4 is 11.9 Å². The van der Waals surface area contributed by atoms with Crippen molar-refractivity contribution in [3.05, 3.63) is 29.8 Å². The summed E-state index contributed by atoms with van der Waals surface area (Å²) in [5.41, 5.74) is 0.452. The van der Waals surface area contributed by atoms with E-state index in [0.717, 1.165) is 6.42 Å². The Morgan fingerprint density at radius 2 is 1.90 bits per heavy atom. The molecular formula is C15H21NO5. The molecule has 6 nitrogen and oxygen atoms in total. The largest absolute Gasteiger partial charge is 0.484 e. The monoisotopic (exact) mass is 295 g/mol. The third-order valence-electron chi connectivity index (χ3n) is 2.58. The van der Waals surface area contributed by atoms with E-state index in [1.165, 1.54) is 0 Å². The van der Waals surface area contributed by atoms with Crippen molar-refractivity contribution in [2.45, 2.75) is 13.3 Å². The molecule has 1 amide bonds. The van der Waals surface area contributed by atoms with E-state index in [1.807, 2.05) is 0 Å². The van der Waals surface area contributed by atoms with Gasteiger partial charge in [-0.2, -0.15) is 0 Å². The molecule has 21 heavy (non-hydrogen) atoms. The van der Waals surface area contributed by atoms with E-state index >= 15 is 0 Å². The zero-order valence-corrected chi connectivity index (χ0v) is 12.4. The third kappa shape index (κ3) is 6.76. The summed E-state index contributed by atoms with van der Waals surface area (Å²) in [6, 6.07) is 6.46. The molecule has 0 fully saturated rings. The Hall–Kier alpha value is -2.08. The second-order valence-electron chi connectivity index (χ2n) is 4.23. The number of rotatable bonds is 9. The van der Waals surface area contributed by atoms with Gasteiger partial charge in [0, 0.05) is 20.3 Å². The molecule has 0 aromatic heterocycles. The quantitative estimate of drug-likeness (QED) is 0.550. The summed E-state index contributed by atoms with van der Waals surface area (Å²) in [5, 5.41) is 2.72. The topological polar surface area (TPSA) is 73.9 Å². The smallest absolute Gasteiger partial charge is 0.338 e. The van der Waals surface area contributed by atoms with Crippen LogP contribution in [0, 0.1) is 0 Å². The first-order valence-corrected chi connectivity index (χ1v) is 6.83. The van der Waals surface area contributed by atoms with Gasteiger partial charge in [-0.15, -0.1) is 0 Å². The van der Waals surface area contributed by atoms with E-state index in [2.05, 4.69) is 5.32 Å². The Morgan fingerprint density at radius 1 is 1.19 bits per heavy atom. The Balaban J connectivity index is 2.32. The average molecular weight is 295 g/mol. The van der Waals surface area contributed by atoms with Gasteiger partial charge in [0.2, 0.25) is 0 Å². The summed E-state index contributed by atoms with van der Waals surface area (Å²) in [6.45, 7) is 3.18. The minimum Gasteiger partial charge on any atom is -0.484 e. The summed E-state index contributed by atoms with van der Waals surface area (Å²) in [7, 11) is 1.62.